The number of nitrogens with one attached hydrogen (secondary N) is 1. The molecule has 1 aromatic heterocycles. The molecule has 0 aliphatic heterocycles. The Morgan fingerprint density at radius 1 is 1.21 bits per heavy atom. The predicted octanol–water partition coefficient (Wildman–Crippen LogP) is 3.45. The molecule has 0 fully saturated rings. The van der Waals surface area contributed by atoms with Crippen LogP contribution in [-0.2, 0) is 16.4 Å². The van der Waals surface area contributed by atoms with Gasteiger partial charge in [0.25, 0.3) is 0 Å². The summed E-state index contributed by atoms with van der Waals surface area (Å²) in [5.41, 5.74) is 0.594. The lowest BCUT2D eigenvalue weighted by atomic mass is 10.3. The molecule has 0 saturated carbocycles. The van der Waals surface area contributed by atoms with E-state index in [4.69, 9.17) is 4.42 Å². The Hall–Kier alpha value is -1.27. The smallest absolute Gasteiger partial charge is 0.180 e. The lowest BCUT2D eigenvalue weighted by molar-refractivity contribution is 0.495. The van der Waals surface area contributed by atoms with Crippen molar-refractivity contribution < 1.29 is 12.8 Å². The highest BCUT2D eigenvalue weighted by Crippen LogP contribution is 2.23. The van der Waals surface area contributed by atoms with Crippen molar-refractivity contribution in [3.8, 4) is 0 Å². The quantitative estimate of drug-likeness (QED) is 0.903. The zero-order valence-corrected chi connectivity index (χ0v) is 12.8. The molecule has 0 aliphatic carbocycles. The Labute approximate surface area is 120 Å². The van der Waals surface area contributed by atoms with Crippen molar-refractivity contribution in [1.82, 2.24) is 0 Å². The first-order chi connectivity index (χ1) is 9.03. The van der Waals surface area contributed by atoms with Gasteiger partial charge in [-0.15, -0.1) is 0 Å². The summed E-state index contributed by atoms with van der Waals surface area (Å²) in [7, 11) is -3.23. The average Bonchev–Trinajstić information content (AvgIpc) is 2.82. The number of hydrogen-bond acceptors (Lipinski definition) is 4. The molecule has 6 heteroatoms. The van der Waals surface area contributed by atoms with Gasteiger partial charge >= 0.3 is 0 Å². The molecule has 0 spiro atoms. The number of rotatable bonds is 5. The first kappa shape index (κ1) is 14.1. The summed E-state index contributed by atoms with van der Waals surface area (Å²) >= 11 is 3.23. The molecule has 19 heavy (non-hydrogen) atoms. The molecule has 2 aromatic rings. The molecule has 0 unspecified atom stereocenters. The van der Waals surface area contributed by atoms with Crippen LogP contribution in [0.2, 0.25) is 0 Å². The van der Waals surface area contributed by atoms with E-state index < -0.39 is 9.84 Å². The lowest BCUT2D eigenvalue weighted by Gasteiger charge is -2.10. The fourth-order valence-electron chi connectivity index (χ4n) is 1.67. The highest BCUT2D eigenvalue weighted by Gasteiger charge is 2.15. The van der Waals surface area contributed by atoms with Crippen LogP contribution in [0.1, 0.15) is 12.7 Å². The van der Waals surface area contributed by atoms with Crippen molar-refractivity contribution in [2.75, 3.05) is 11.1 Å². The summed E-state index contributed by atoms with van der Waals surface area (Å²) in [6, 6.07) is 10.5. The monoisotopic (exact) mass is 343 g/mol. The molecule has 1 heterocycles. The first-order valence-electron chi connectivity index (χ1n) is 5.83. The number of sulfone groups is 1. The molecule has 2 rings (SSSR count). The zero-order valence-electron chi connectivity index (χ0n) is 10.4. The van der Waals surface area contributed by atoms with Gasteiger partial charge in [-0.25, -0.2) is 8.42 Å². The molecule has 0 radical (unpaired) electrons. The van der Waals surface area contributed by atoms with Gasteiger partial charge < -0.3 is 9.73 Å². The van der Waals surface area contributed by atoms with E-state index in [1.807, 2.05) is 6.07 Å². The topological polar surface area (TPSA) is 59.3 Å². The lowest BCUT2D eigenvalue weighted by Crippen LogP contribution is -2.08. The minimum absolute atomic E-state index is 0.0813. The van der Waals surface area contributed by atoms with Crippen molar-refractivity contribution >= 4 is 31.5 Å². The van der Waals surface area contributed by atoms with Crippen molar-refractivity contribution in [3.63, 3.8) is 0 Å². The van der Waals surface area contributed by atoms with Crippen LogP contribution in [0.25, 0.3) is 0 Å². The van der Waals surface area contributed by atoms with Crippen molar-refractivity contribution in [2.24, 2.45) is 0 Å². The van der Waals surface area contributed by atoms with Crippen molar-refractivity contribution in [3.05, 3.63) is 46.8 Å². The van der Waals surface area contributed by atoms with Crippen LogP contribution in [0.15, 0.2) is 50.4 Å². The van der Waals surface area contributed by atoms with Gasteiger partial charge in [0.05, 0.1) is 22.9 Å². The van der Waals surface area contributed by atoms with Crippen LogP contribution in [0.5, 0.6) is 0 Å². The first-order valence-corrected chi connectivity index (χ1v) is 8.27. The van der Waals surface area contributed by atoms with Gasteiger partial charge in [0.2, 0.25) is 0 Å². The van der Waals surface area contributed by atoms with Crippen LogP contribution in [-0.4, -0.2) is 14.2 Å². The van der Waals surface area contributed by atoms with Gasteiger partial charge in [-0.1, -0.05) is 19.1 Å². The maximum absolute atomic E-state index is 12.0. The predicted molar refractivity (Wildman–Crippen MR) is 77.9 cm³/mol. The summed E-state index contributed by atoms with van der Waals surface area (Å²) in [5.74, 6) is 0.813. The maximum Gasteiger partial charge on any atom is 0.180 e. The minimum atomic E-state index is -3.23. The molecule has 0 atom stereocenters. The summed E-state index contributed by atoms with van der Waals surface area (Å²) < 4.78 is 29.9. The summed E-state index contributed by atoms with van der Waals surface area (Å²) in [6.45, 7) is 2.07. The van der Waals surface area contributed by atoms with E-state index in [9.17, 15) is 8.42 Å². The fourth-order valence-corrected chi connectivity index (χ4v) is 3.08. The van der Waals surface area contributed by atoms with E-state index >= 15 is 0 Å². The number of halogens is 1. The normalized spacial score (nSPS) is 11.5. The Bertz CT molecular complexity index is 664. The van der Waals surface area contributed by atoms with Crippen LogP contribution in [0.3, 0.4) is 0 Å². The van der Waals surface area contributed by atoms with E-state index in [1.165, 1.54) is 0 Å². The van der Waals surface area contributed by atoms with E-state index in [0.717, 1.165) is 5.76 Å². The molecule has 0 aliphatic rings. The van der Waals surface area contributed by atoms with Crippen molar-refractivity contribution in [2.45, 2.75) is 18.4 Å². The third-order valence-corrected chi connectivity index (χ3v) is 4.90. The third kappa shape index (κ3) is 3.39. The Kier molecular flexibility index (Phi) is 4.31. The van der Waals surface area contributed by atoms with Gasteiger partial charge in [0, 0.05) is 0 Å². The molecule has 1 aromatic carbocycles. The molecule has 4 nitrogen and oxygen atoms in total. The average molecular weight is 344 g/mol. The molecule has 0 bridgehead atoms. The van der Waals surface area contributed by atoms with Gasteiger partial charge in [0.1, 0.15) is 5.76 Å². The van der Waals surface area contributed by atoms with Gasteiger partial charge in [-0.05, 0) is 40.2 Å². The number of furan rings is 1. The Morgan fingerprint density at radius 3 is 2.58 bits per heavy atom. The van der Waals surface area contributed by atoms with Crippen LogP contribution in [0.4, 0.5) is 5.69 Å². The third-order valence-electron chi connectivity index (χ3n) is 2.68. The standard InChI is InChI=1S/C13H14BrNO3S/c1-2-19(16,17)12-6-4-3-5-11(12)15-9-10-7-8-13(14)18-10/h3-8,15H,2,9H2,1H3. The second kappa shape index (κ2) is 5.79. The Morgan fingerprint density at radius 2 is 1.95 bits per heavy atom. The number of benzene rings is 1. The highest BCUT2D eigenvalue weighted by atomic mass is 79.9. The fraction of sp³-hybridized carbons (Fsp3) is 0.231. The molecule has 1 N–H and O–H groups in total. The maximum atomic E-state index is 12.0. The van der Waals surface area contributed by atoms with Gasteiger partial charge in [0.15, 0.2) is 14.5 Å². The van der Waals surface area contributed by atoms with E-state index in [0.29, 0.717) is 21.8 Å². The second-order valence-electron chi connectivity index (χ2n) is 3.96. The molecular weight excluding hydrogens is 330 g/mol. The molecule has 0 amide bonds. The van der Waals surface area contributed by atoms with E-state index in [2.05, 4.69) is 21.2 Å². The van der Waals surface area contributed by atoms with E-state index in [-0.39, 0.29) is 5.75 Å². The number of para-hydroxylation sites is 1. The van der Waals surface area contributed by atoms with Crippen LogP contribution >= 0.6 is 15.9 Å². The van der Waals surface area contributed by atoms with Crippen molar-refractivity contribution in [1.29, 1.82) is 0 Å². The van der Waals surface area contributed by atoms with Crippen LogP contribution < -0.4 is 5.32 Å². The molecular formula is C13H14BrNO3S. The molecule has 0 saturated heterocycles. The molecule has 102 valence electrons. The van der Waals surface area contributed by atoms with Gasteiger partial charge in [-0.3, -0.25) is 0 Å². The largest absolute Gasteiger partial charge is 0.452 e. The second-order valence-corrected chi connectivity index (χ2v) is 6.99. The number of hydrogen-bond donors (Lipinski definition) is 1. The minimum Gasteiger partial charge on any atom is -0.452 e. The summed E-state index contributed by atoms with van der Waals surface area (Å²) in [5, 5.41) is 3.09. The summed E-state index contributed by atoms with van der Waals surface area (Å²) in [4.78, 5) is 0.322. The van der Waals surface area contributed by atoms with E-state index in [1.54, 1.807) is 37.3 Å². The Balaban J connectivity index is 2.21. The van der Waals surface area contributed by atoms with Gasteiger partial charge in [-0.2, -0.15) is 0 Å². The zero-order chi connectivity index (χ0) is 13.9. The highest BCUT2D eigenvalue weighted by molar-refractivity contribution is 9.10. The SMILES string of the molecule is CCS(=O)(=O)c1ccccc1NCc1ccc(Br)o1. The number of anilines is 1. The summed E-state index contributed by atoms with van der Waals surface area (Å²) in [6.07, 6.45) is 0. The van der Waals surface area contributed by atoms with Crippen LogP contribution in [0, 0.1) is 0 Å².